The highest BCUT2D eigenvalue weighted by Gasteiger charge is 2.35. The van der Waals surface area contributed by atoms with E-state index < -0.39 is 0 Å². The fourth-order valence-electron chi connectivity index (χ4n) is 3.94. The Morgan fingerprint density at radius 3 is 2.77 bits per heavy atom. The van der Waals surface area contributed by atoms with E-state index in [4.69, 9.17) is 5.73 Å². The first kappa shape index (κ1) is 17.3. The second-order valence-corrected chi connectivity index (χ2v) is 6.73. The summed E-state index contributed by atoms with van der Waals surface area (Å²) in [6.45, 7) is 3.02. The minimum atomic E-state index is 0. The number of rotatable bonds is 2. The lowest BCUT2D eigenvalue weighted by molar-refractivity contribution is -0.137. The molecule has 3 atom stereocenters. The molecule has 3 nitrogen and oxygen atoms in total. The zero-order chi connectivity index (χ0) is 14.8. The summed E-state index contributed by atoms with van der Waals surface area (Å²) in [5.74, 6) is 0.494. The molecule has 0 bridgehead atoms. The molecule has 2 fully saturated rings. The average Bonchev–Trinajstić information content (AvgIpc) is 2.96. The molecule has 1 heterocycles. The number of aryl methyl sites for hydroxylation is 1. The summed E-state index contributed by atoms with van der Waals surface area (Å²) >= 11 is 0. The Morgan fingerprint density at radius 1 is 1.23 bits per heavy atom. The van der Waals surface area contributed by atoms with Crippen molar-refractivity contribution in [2.24, 2.45) is 11.7 Å². The van der Waals surface area contributed by atoms with E-state index in [1.165, 1.54) is 11.1 Å². The molecule has 1 saturated heterocycles. The third-order valence-corrected chi connectivity index (χ3v) is 5.03. The fraction of sp³-hybridized carbons (Fsp3) is 0.611. The van der Waals surface area contributed by atoms with Crippen LogP contribution in [0.4, 0.5) is 0 Å². The number of hydrogen-bond donors (Lipinski definition) is 1. The summed E-state index contributed by atoms with van der Waals surface area (Å²) in [6, 6.07) is 9.09. The molecule has 0 spiro atoms. The van der Waals surface area contributed by atoms with Gasteiger partial charge in [-0.2, -0.15) is 0 Å². The highest BCUT2D eigenvalue weighted by molar-refractivity contribution is 5.85. The van der Waals surface area contributed by atoms with Crippen LogP contribution < -0.4 is 5.73 Å². The summed E-state index contributed by atoms with van der Waals surface area (Å²) in [5.41, 5.74) is 8.62. The van der Waals surface area contributed by atoms with Gasteiger partial charge in [-0.1, -0.05) is 36.2 Å². The molecule has 1 amide bonds. The molecule has 122 valence electrons. The SMILES string of the molecule is Cc1cccc(C2CCCN2C(=O)C2CCCC(N)C2)c1.Cl. The number of halogens is 1. The van der Waals surface area contributed by atoms with Crippen LogP contribution in [0.5, 0.6) is 0 Å². The van der Waals surface area contributed by atoms with Gasteiger partial charge < -0.3 is 10.6 Å². The summed E-state index contributed by atoms with van der Waals surface area (Å²) in [6.07, 6.45) is 6.27. The molecule has 3 rings (SSSR count). The van der Waals surface area contributed by atoms with Crippen LogP contribution in [0.15, 0.2) is 24.3 Å². The standard InChI is InChI=1S/C18H26N2O.ClH/c1-13-5-2-6-14(11-13)17-9-4-10-20(17)18(21)15-7-3-8-16(19)12-15;/h2,5-6,11,15-17H,3-4,7-10,12,19H2,1H3;1H. The molecule has 4 heteroatoms. The molecule has 1 aromatic rings. The van der Waals surface area contributed by atoms with E-state index in [1.54, 1.807) is 0 Å². The van der Waals surface area contributed by atoms with Crippen molar-refractivity contribution in [3.8, 4) is 0 Å². The Balaban J connectivity index is 0.00000176. The van der Waals surface area contributed by atoms with Crippen LogP contribution in [0, 0.1) is 12.8 Å². The van der Waals surface area contributed by atoms with Gasteiger partial charge in [0.15, 0.2) is 0 Å². The molecule has 1 aromatic carbocycles. The zero-order valence-electron chi connectivity index (χ0n) is 13.3. The van der Waals surface area contributed by atoms with E-state index in [-0.39, 0.29) is 30.4 Å². The Kier molecular flexibility index (Phi) is 5.87. The smallest absolute Gasteiger partial charge is 0.226 e. The maximum Gasteiger partial charge on any atom is 0.226 e. The maximum atomic E-state index is 12.9. The van der Waals surface area contributed by atoms with Gasteiger partial charge >= 0.3 is 0 Å². The highest BCUT2D eigenvalue weighted by atomic mass is 35.5. The van der Waals surface area contributed by atoms with Gasteiger partial charge in [0.2, 0.25) is 5.91 Å². The topological polar surface area (TPSA) is 46.3 Å². The van der Waals surface area contributed by atoms with E-state index in [2.05, 4.69) is 36.1 Å². The van der Waals surface area contributed by atoms with Gasteiger partial charge in [0.05, 0.1) is 6.04 Å². The number of amides is 1. The largest absolute Gasteiger partial charge is 0.335 e. The van der Waals surface area contributed by atoms with E-state index in [9.17, 15) is 4.79 Å². The highest BCUT2D eigenvalue weighted by Crippen LogP contribution is 2.35. The predicted octanol–water partition coefficient (Wildman–Crippen LogP) is 3.60. The van der Waals surface area contributed by atoms with Crippen molar-refractivity contribution in [2.45, 2.75) is 57.5 Å². The molecule has 1 aliphatic carbocycles. The molecule has 2 N–H and O–H groups in total. The molecular formula is C18H27ClN2O. The van der Waals surface area contributed by atoms with Gasteiger partial charge in [-0.05, 0) is 44.6 Å². The molecule has 3 unspecified atom stereocenters. The monoisotopic (exact) mass is 322 g/mol. The Labute approximate surface area is 139 Å². The number of nitrogens with zero attached hydrogens (tertiary/aromatic N) is 1. The molecule has 0 aromatic heterocycles. The number of carbonyl (C=O) groups is 1. The third-order valence-electron chi connectivity index (χ3n) is 5.03. The van der Waals surface area contributed by atoms with Crippen LogP contribution in [-0.4, -0.2) is 23.4 Å². The lowest BCUT2D eigenvalue weighted by Crippen LogP contribution is -2.40. The van der Waals surface area contributed by atoms with Gasteiger partial charge in [0, 0.05) is 18.5 Å². The zero-order valence-corrected chi connectivity index (χ0v) is 14.1. The van der Waals surface area contributed by atoms with Crippen LogP contribution in [-0.2, 0) is 4.79 Å². The van der Waals surface area contributed by atoms with Gasteiger partial charge in [0.25, 0.3) is 0 Å². The van der Waals surface area contributed by atoms with Gasteiger partial charge in [-0.15, -0.1) is 12.4 Å². The van der Waals surface area contributed by atoms with Crippen molar-refractivity contribution in [3.63, 3.8) is 0 Å². The van der Waals surface area contributed by atoms with Crippen molar-refractivity contribution in [1.29, 1.82) is 0 Å². The molecule has 2 aliphatic rings. The van der Waals surface area contributed by atoms with Crippen LogP contribution >= 0.6 is 12.4 Å². The lowest BCUT2D eigenvalue weighted by atomic mass is 9.85. The van der Waals surface area contributed by atoms with Crippen molar-refractivity contribution in [2.75, 3.05) is 6.54 Å². The second-order valence-electron chi connectivity index (χ2n) is 6.73. The van der Waals surface area contributed by atoms with Crippen molar-refractivity contribution < 1.29 is 4.79 Å². The number of carbonyl (C=O) groups excluding carboxylic acids is 1. The quantitative estimate of drug-likeness (QED) is 0.904. The predicted molar refractivity (Wildman–Crippen MR) is 92.0 cm³/mol. The van der Waals surface area contributed by atoms with Gasteiger partial charge in [0.1, 0.15) is 0 Å². The molecule has 1 saturated carbocycles. The minimum absolute atomic E-state index is 0. The number of hydrogen-bond acceptors (Lipinski definition) is 2. The van der Waals surface area contributed by atoms with Crippen LogP contribution in [0.3, 0.4) is 0 Å². The van der Waals surface area contributed by atoms with E-state index in [0.29, 0.717) is 5.91 Å². The molecule has 1 aliphatic heterocycles. The molecule has 22 heavy (non-hydrogen) atoms. The second kappa shape index (κ2) is 7.47. The van der Waals surface area contributed by atoms with Gasteiger partial charge in [-0.25, -0.2) is 0 Å². The van der Waals surface area contributed by atoms with E-state index in [1.807, 2.05) is 0 Å². The van der Waals surface area contributed by atoms with Crippen molar-refractivity contribution in [3.05, 3.63) is 35.4 Å². The van der Waals surface area contributed by atoms with E-state index >= 15 is 0 Å². The third kappa shape index (κ3) is 3.64. The summed E-state index contributed by atoms with van der Waals surface area (Å²) in [4.78, 5) is 15.0. The van der Waals surface area contributed by atoms with Crippen molar-refractivity contribution >= 4 is 18.3 Å². The summed E-state index contributed by atoms with van der Waals surface area (Å²) in [7, 11) is 0. The first-order valence-electron chi connectivity index (χ1n) is 8.28. The Hall–Kier alpha value is -1.06. The van der Waals surface area contributed by atoms with Crippen LogP contribution in [0.2, 0.25) is 0 Å². The first-order valence-corrected chi connectivity index (χ1v) is 8.28. The van der Waals surface area contributed by atoms with E-state index in [0.717, 1.165) is 45.1 Å². The lowest BCUT2D eigenvalue weighted by Gasteiger charge is -2.32. The van der Waals surface area contributed by atoms with Crippen LogP contribution in [0.1, 0.15) is 55.7 Å². The summed E-state index contributed by atoms with van der Waals surface area (Å²) < 4.78 is 0. The molecular weight excluding hydrogens is 296 g/mol. The maximum absolute atomic E-state index is 12.9. The van der Waals surface area contributed by atoms with Crippen LogP contribution in [0.25, 0.3) is 0 Å². The summed E-state index contributed by atoms with van der Waals surface area (Å²) in [5, 5.41) is 0. The minimum Gasteiger partial charge on any atom is -0.335 e. The Morgan fingerprint density at radius 2 is 2.05 bits per heavy atom. The normalized spacial score (nSPS) is 28.3. The Bertz CT molecular complexity index is 520. The van der Waals surface area contributed by atoms with Crippen molar-refractivity contribution in [1.82, 2.24) is 4.90 Å². The average molecular weight is 323 g/mol. The fourth-order valence-corrected chi connectivity index (χ4v) is 3.94. The first-order chi connectivity index (χ1) is 10.1. The number of benzene rings is 1. The number of likely N-dealkylation sites (tertiary alicyclic amines) is 1. The number of nitrogens with two attached hydrogens (primary N) is 1. The molecule has 0 radical (unpaired) electrons. The van der Waals surface area contributed by atoms with Gasteiger partial charge in [-0.3, -0.25) is 4.79 Å².